The van der Waals surface area contributed by atoms with Crippen molar-refractivity contribution in [3.8, 4) is 0 Å². The third-order valence-corrected chi connectivity index (χ3v) is 4.56. The number of hydrogen-bond donors (Lipinski definition) is 1. The first-order chi connectivity index (χ1) is 9.74. The van der Waals surface area contributed by atoms with Crippen LogP contribution in [0.3, 0.4) is 0 Å². The molecule has 0 aliphatic carbocycles. The van der Waals surface area contributed by atoms with Gasteiger partial charge in [-0.2, -0.15) is 0 Å². The summed E-state index contributed by atoms with van der Waals surface area (Å²) in [4.78, 5) is 15.7. The molecule has 0 radical (unpaired) electrons. The summed E-state index contributed by atoms with van der Waals surface area (Å²) in [6, 6.07) is 8.08. The van der Waals surface area contributed by atoms with Crippen LogP contribution in [0.2, 0.25) is 0 Å². The Morgan fingerprint density at radius 2 is 2.24 bits per heavy atom. The molecular formula is C15H20ClN3OS. The summed E-state index contributed by atoms with van der Waals surface area (Å²) in [5.74, 6) is 0.0988. The lowest BCUT2D eigenvalue weighted by molar-refractivity contribution is 0.0698. The van der Waals surface area contributed by atoms with E-state index < -0.39 is 0 Å². The van der Waals surface area contributed by atoms with Gasteiger partial charge in [0.25, 0.3) is 5.91 Å². The van der Waals surface area contributed by atoms with Gasteiger partial charge in [0.2, 0.25) is 0 Å². The van der Waals surface area contributed by atoms with Crippen LogP contribution in [-0.2, 0) is 6.54 Å². The van der Waals surface area contributed by atoms with Crippen molar-refractivity contribution < 1.29 is 4.79 Å². The molecule has 0 bridgehead atoms. The van der Waals surface area contributed by atoms with Gasteiger partial charge in [-0.15, -0.1) is 23.7 Å². The van der Waals surface area contributed by atoms with E-state index in [1.54, 1.807) is 11.3 Å². The first kappa shape index (κ1) is 16.1. The smallest absolute Gasteiger partial charge is 0.270 e. The minimum atomic E-state index is 0. The molecule has 0 aromatic carbocycles. The van der Waals surface area contributed by atoms with Gasteiger partial charge in [0.1, 0.15) is 5.69 Å². The van der Waals surface area contributed by atoms with Gasteiger partial charge >= 0.3 is 0 Å². The number of aromatic nitrogens is 1. The van der Waals surface area contributed by atoms with Crippen molar-refractivity contribution in [1.82, 2.24) is 9.47 Å². The molecule has 0 saturated carbocycles. The van der Waals surface area contributed by atoms with Crippen LogP contribution in [-0.4, -0.2) is 34.5 Å². The predicted molar refractivity (Wildman–Crippen MR) is 88.2 cm³/mol. The second kappa shape index (κ2) is 7.11. The highest BCUT2D eigenvalue weighted by Gasteiger charge is 2.24. The molecule has 1 atom stereocenters. The minimum absolute atomic E-state index is 0. The van der Waals surface area contributed by atoms with Gasteiger partial charge in [0, 0.05) is 30.2 Å². The molecule has 1 fully saturated rings. The molecule has 2 aromatic heterocycles. The second-order valence-electron chi connectivity index (χ2n) is 5.25. The maximum Gasteiger partial charge on any atom is 0.270 e. The molecule has 1 unspecified atom stereocenters. The quantitative estimate of drug-likeness (QED) is 0.943. The lowest BCUT2D eigenvalue weighted by Crippen LogP contribution is -2.46. The molecule has 1 saturated heterocycles. The molecule has 6 heteroatoms. The second-order valence-corrected chi connectivity index (χ2v) is 6.29. The van der Waals surface area contributed by atoms with Crippen LogP contribution in [0, 0.1) is 0 Å². The topological polar surface area (TPSA) is 51.3 Å². The number of hydrogen-bond acceptors (Lipinski definition) is 3. The number of amides is 1. The van der Waals surface area contributed by atoms with Crippen LogP contribution in [0.4, 0.5) is 0 Å². The van der Waals surface area contributed by atoms with E-state index in [0.717, 1.165) is 31.6 Å². The Morgan fingerprint density at radius 1 is 1.38 bits per heavy atom. The van der Waals surface area contributed by atoms with E-state index >= 15 is 0 Å². The van der Waals surface area contributed by atoms with Gasteiger partial charge in [-0.25, -0.2) is 0 Å². The van der Waals surface area contributed by atoms with Crippen molar-refractivity contribution in [2.45, 2.75) is 25.4 Å². The Bertz CT molecular complexity index is 582. The largest absolute Gasteiger partial charge is 0.338 e. The number of likely N-dealkylation sites (tertiary alicyclic amines) is 1. The van der Waals surface area contributed by atoms with E-state index in [1.165, 1.54) is 4.88 Å². The van der Waals surface area contributed by atoms with Crippen molar-refractivity contribution in [2.75, 3.05) is 13.1 Å². The monoisotopic (exact) mass is 325 g/mol. The van der Waals surface area contributed by atoms with Gasteiger partial charge in [-0.1, -0.05) is 6.07 Å². The molecule has 2 aromatic rings. The number of thiophene rings is 1. The highest BCUT2D eigenvalue weighted by atomic mass is 35.5. The molecule has 1 amide bonds. The van der Waals surface area contributed by atoms with Crippen LogP contribution >= 0.6 is 23.7 Å². The SMILES string of the molecule is Cl.NC1CCCN(C(=O)c2cccn2Cc2cccs2)C1. The lowest BCUT2D eigenvalue weighted by Gasteiger charge is -2.31. The van der Waals surface area contributed by atoms with Crippen molar-refractivity contribution in [3.63, 3.8) is 0 Å². The summed E-state index contributed by atoms with van der Waals surface area (Å²) < 4.78 is 2.02. The number of carbonyl (C=O) groups excluding carboxylic acids is 1. The fourth-order valence-corrected chi connectivity index (χ4v) is 3.38. The van der Waals surface area contributed by atoms with Crippen LogP contribution in [0.5, 0.6) is 0 Å². The van der Waals surface area contributed by atoms with E-state index in [-0.39, 0.29) is 24.4 Å². The van der Waals surface area contributed by atoms with Crippen molar-refractivity contribution in [3.05, 3.63) is 46.4 Å². The summed E-state index contributed by atoms with van der Waals surface area (Å²) in [5, 5.41) is 2.06. The first-order valence-electron chi connectivity index (χ1n) is 6.96. The Balaban J connectivity index is 0.00000161. The average molecular weight is 326 g/mol. The Hall–Kier alpha value is -1.30. The van der Waals surface area contributed by atoms with E-state index in [4.69, 9.17) is 5.73 Å². The normalized spacial score (nSPS) is 18.3. The lowest BCUT2D eigenvalue weighted by atomic mass is 10.1. The van der Waals surface area contributed by atoms with E-state index in [9.17, 15) is 4.79 Å². The van der Waals surface area contributed by atoms with E-state index in [0.29, 0.717) is 6.54 Å². The molecule has 1 aliphatic rings. The predicted octanol–water partition coefficient (Wildman–Crippen LogP) is 2.58. The number of nitrogens with zero attached hydrogens (tertiary/aromatic N) is 2. The van der Waals surface area contributed by atoms with Crippen LogP contribution in [0.1, 0.15) is 28.2 Å². The van der Waals surface area contributed by atoms with Gasteiger partial charge in [0.05, 0.1) is 6.54 Å². The number of nitrogens with two attached hydrogens (primary N) is 1. The van der Waals surface area contributed by atoms with Crippen LogP contribution < -0.4 is 5.73 Å². The molecule has 3 heterocycles. The molecule has 21 heavy (non-hydrogen) atoms. The standard InChI is InChI=1S/C15H19N3OS.ClH/c16-12-4-1-8-18(10-12)15(19)14-6-2-7-17(14)11-13-5-3-9-20-13;/h2-3,5-7,9,12H,1,4,8,10-11,16H2;1H. The average Bonchev–Trinajstić information content (AvgIpc) is 3.10. The summed E-state index contributed by atoms with van der Waals surface area (Å²) in [6.45, 7) is 2.24. The van der Waals surface area contributed by atoms with E-state index in [2.05, 4.69) is 11.4 Å². The molecule has 4 nitrogen and oxygen atoms in total. The van der Waals surface area contributed by atoms with Crippen molar-refractivity contribution >= 4 is 29.7 Å². The van der Waals surface area contributed by atoms with Gasteiger partial charge in [0.15, 0.2) is 0 Å². The fraction of sp³-hybridized carbons (Fsp3) is 0.400. The third-order valence-electron chi connectivity index (χ3n) is 3.70. The number of piperidine rings is 1. The van der Waals surface area contributed by atoms with Gasteiger partial charge in [-0.3, -0.25) is 4.79 Å². The van der Waals surface area contributed by atoms with Gasteiger partial charge in [-0.05, 0) is 36.4 Å². The van der Waals surface area contributed by atoms with Crippen LogP contribution in [0.15, 0.2) is 35.8 Å². The Morgan fingerprint density at radius 3 is 2.95 bits per heavy atom. The number of carbonyl (C=O) groups is 1. The molecular weight excluding hydrogens is 306 g/mol. The minimum Gasteiger partial charge on any atom is -0.338 e. The highest BCUT2D eigenvalue weighted by molar-refractivity contribution is 7.09. The Labute approximate surface area is 135 Å². The summed E-state index contributed by atoms with van der Waals surface area (Å²) in [6.07, 6.45) is 3.98. The first-order valence-corrected chi connectivity index (χ1v) is 7.84. The van der Waals surface area contributed by atoms with Crippen molar-refractivity contribution in [2.24, 2.45) is 5.73 Å². The van der Waals surface area contributed by atoms with Crippen molar-refractivity contribution in [1.29, 1.82) is 0 Å². The Kier molecular flexibility index (Phi) is 5.45. The summed E-state index contributed by atoms with van der Waals surface area (Å²) in [5.41, 5.74) is 6.72. The number of halogens is 1. The molecule has 114 valence electrons. The maximum absolute atomic E-state index is 12.6. The molecule has 0 spiro atoms. The van der Waals surface area contributed by atoms with Crippen LogP contribution in [0.25, 0.3) is 0 Å². The fourth-order valence-electron chi connectivity index (χ4n) is 2.67. The van der Waals surface area contributed by atoms with E-state index in [1.807, 2.05) is 33.9 Å². The zero-order valence-electron chi connectivity index (χ0n) is 11.8. The maximum atomic E-state index is 12.6. The third kappa shape index (κ3) is 3.67. The highest BCUT2D eigenvalue weighted by Crippen LogP contribution is 2.16. The molecule has 3 rings (SSSR count). The number of rotatable bonds is 3. The molecule has 2 N–H and O–H groups in total. The summed E-state index contributed by atoms with van der Waals surface area (Å²) in [7, 11) is 0. The van der Waals surface area contributed by atoms with Gasteiger partial charge < -0.3 is 15.2 Å². The zero-order chi connectivity index (χ0) is 13.9. The molecule has 1 aliphatic heterocycles. The summed E-state index contributed by atoms with van der Waals surface area (Å²) >= 11 is 1.71. The zero-order valence-corrected chi connectivity index (χ0v) is 13.4.